The Labute approximate surface area is 139 Å². The zero-order valence-electron chi connectivity index (χ0n) is 13.4. The Hall–Kier alpha value is -2.95. The Morgan fingerprint density at radius 3 is 2.83 bits per heavy atom. The average molecular weight is 324 g/mol. The van der Waals surface area contributed by atoms with Crippen LogP contribution in [0, 0.1) is 19.7 Å². The zero-order chi connectivity index (χ0) is 17.3. The number of hydrogen-bond acceptors (Lipinski definition) is 2. The van der Waals surface area contributed by atoms with E-state index in [2.05, 4.69) is 10.6 Å². The maximum absolute atomic E-state index is 13.6. The monoisotopic (exact) mass is 324 g/mol. The number of carbonyl (C=O) groups is 2. The highest BCUT2D eigenvalue weighted by Crippen LogP contribution is 2.25. The first-order valence-electron chi connectivity index (χ1n) is 7.61. The Kier molecular flexibility index (Phi) is 4.16. The van der Waals surface area contributed by atoms with Crippen LogP contribution < -0.4 is 10.6 Å². The fourth-order valence-electron chi connectivity index (χ4n) is 2.69. The predicted octanol–water partition coefficient (Wildman–Crippen LogP) is 3.59. The Morgan fingerprint density at radius 1 is 1.25 bits per heavy atom. The van der Waals surface area contributed by atoms with Gasteiger partial charge in [0, 0.05) is 23.0 Å². The van der Waals surface area contributed by atoms with E-state index in [9.17, 15) is 14.0 Å². The molecule has 1 aliphatic rings. The molecule has 2 aromatic rings. The molecule has 4 nitrogen and oxygen atoms in total. The quantitative estimate of drug-likeness (QED) is 0.848. The highest BCUT2D eigenvalue weighted by Gasteiger charge is 2.16. The normalized spacial score (nSPS) is 13.0. The summed E-state index contributed by atoms with van der Waals surface area (Å²) in [5.41, 5.74) is 4.24. The Bertz CT molecular complexity index is 872. The fraction of sp³-hybridized carbons (Fsp3) is 0.158. The maximum atomic E-state index is 13.6. The van der Waals surface area contributed by atoms with Crippen LogP contribution in [-0.2, 0) is 16.0 Å². The van der Waals surface area contributed by atoms with Gasteiger partial charge in [-0.3, -0.25) is 9.59 Å². The van der Waals surface area contributed by atoms with E-state index in [1.807, 2.05) is 25.1 Å². The molecule has 0 unspecified atom stereocenters. The van der Waals surface area contributed by atoms with Gasteiger partial charge in [0.25, 0.3) is 0 Å². The van der Waals surface area contributed by atoms with Crippen molar-refractivity contribution in [2.24, 2.45) is 0 Å². The van der Waals surface area contributed by atoms with E-state index in [1.54, 1.807) is 19.1 Å². The van der Waals surface area contributed by atoms with Crippen molar-refractivity contribution in [3.63, 3.8) is 0 Å². The molecule has 0 spiro atoms. The molecule has 3 rings (SSSR count). The summed E-state index contributed by atoms with van der Waals surface area (Å²) in [4.78, 5) is 23.4. The molecule has 1 aliphatic heterocycles. The average Bonchev–Trinajstić information content (AvgIpc) is 2.92. The molecule has 0 aliphatic carbocycles. The van der Waals surface area contributed by atoms with Gasteiger partial charge >= 0.3 is 0 Å². The molecule has 0 saturated carbocycles. The number of aryl methyl sites for hydroxylation is 1. The van der Waals surface area contributed by atoms with E-state index in [0.717, 1.165) is 22.4 Å². The van der Waals surface area contributed by atoms with Crippen LogP contribution in [0.5, 0.6) is 0 Å². The lowest BCUT2D eigenvalue weighted by Gasteiger charge is -2.10. The van der Waals surface area contributed by atoms with Gasteiger partial charge in [-0.25, -0.2) is 4.39 Å². The third-order valence-corrected chi connectivity index (χ3v) is 4.04. The number of benzene rings is 2. The number of rotatable bonds is 3. The topological polar surface area (TPSA) is 58.2 Å². The molecule has 24 heavy (non-hydrogen) atoms. The van der Waals surface area contributed by atoms with Gasteiger partial charge in [-0.15, -0.1) is 0 Å². The highest BCUT2D eigenvalue weighted by molar-refractivity contribution is 6.03. The molecule has 1 heterocycles. The second-order valence-electron chi connectivity index (χ2n) is 5.83. The SMILES string of the molecule is Cc1ccc(F)c(C)c1NC(=O)/C=C/c1ccc2c(c1)NC(=O)C2. The molecule has 0 saturated heterocycles. The highest BCUT2D eigenvalue weighted by atomic mass is 19.1. The number of hydrogen-bond donors (Lipinski definition) is 2. The van der Waals surface area contributed by atoms with Crippen molar-refractivity contribution in [3.8, 4) is 0 Å². The van der Waals surface area contributed by atoms with Gasteiger partial charge in [0.1, 0.15) is 5.82 Å². The Balaban J connectivity index is 1.74. The van der Waals surface area contributed by atoms with Crippen LogP contribution in [0.1, 0.15) is 22.3 Å². The summed E-state index contributed by atoms with van der Waals surface area (Å²) in [6.07, 6.45) is 3.43. The summed E-state index contributed by atoms with van der Waals surface area (Å²) in [5, 5.41) is 5.48. The minimum atomic E-state index is -0.353. The van der Waals surface area contributed by atoms with Crippen molar-refractivity contribution in [2.75, 3.05) is 10.6 Å². The summed E-state index contributed by atoms with van der Waals surface area (Å²) >= 11 is 0. The third kappa shape index (κ3) is 3.20. The summed E-state index contributed by atoms with van der Waals surface area (Å²) in [6, 6.07) is 8.55. The number of fused-ring (bicyclic) bond motifs is 1. The van der Waals surface area contributed by atoms with E-state index < -0.39 is 0 Å². The van der Waals surface area contributed by atoms with Crippen molar-refractivity contribution in [3.05, 3.63) is 64.5 Å². The zero-order valence-corrected chi connectivity index (χ0v) is 13.4. The lowest BCUT2D eigenvalue weighted by atomic mass is 10.1. The van der Waals surface area contributed by atoms with Gasteiger partial charge in [-0.05, 0) is 48.7 Å². The minimum Gasteiger partial charge on any atom is -0.326 e. The van der Waals surface area contributed by atoms with Gasteiger partial charge in [-0.2, -0.15) is 0 Å². The third-order valence-electron chi connectivity index (χ3n) is 4.04. The molecule has 2 amide bonds. The fourth-order valence-corrected chi connectivity index (χ4v) is 2.69. The number of amides is 2. The summed E-state index contributed by atoms with van der Waals surface area (Å²) in [5.74, 6) is -0.716. The van der Waals surface area contributed by atoms with Crippen molar-refractivity contribution >= 4 is 29.3 Å². The number of nitrogens with one attached hydrogen (secondary N) is 2. The lowest BCUT2D eigenvalue weighted by molar-refractivity contribution is -0.115. The first-order valence-corrected chi connectivity index (χ1v) is 7.61. The first-order chi connectivity index (χ1) is 11.4. The molecule has 0 atom stereocenters. The van der Waals surface area contributed by atoms with E-state index in [4.69, 9.17) is 0 Å². The molecular weight excluding hydrogens is 307 g/mol. The first kappa shape index (κ1) is 15.9. The second-order valence-corrected chi connectivity index (χ2v) is 5.83. The summed E-state index contributed by atoms with van der Waals surface area (Å²) in [6.45, 7) is 3.44. The van der Waals surface area contributed by atoms with E-state index in [-0.39, 0.29) is 17.6 Å². The van der Waals surface area contributed by atoms with Crippen LogP contribution in [0.15, 0.2) is 36.4 Å². The maximum Gasteiger partial charge on any atom is 0.248 e. The summed E-state index contributed by atoms with van der Waals surface area (Å²) < 4.78 is 13.6. The van der Waals surface area contributed by atoms with E-state index in [1.165, 1.54) is 12.1 Å². The number of anilines is 2. The molecule has 0 fully saturated rings. The molecule has 0 aromatic heterocycles. The van der Waals surface area contributed by atoms with Crippen molar-refractivity contribution in [1.29, 1.82) is 0 Å². The Morgan fingerprint density at radius 2 is 2.04 bits per heavy atom. The van der Waals surface area contributed by atoms with Gasteiger partial charge in [0.05, 0.1) is 6.42 Å². The minimum absolute atomic E-state index is 0.0269. The van der Waals surface area contributed by atoms with Gasteiger partial charge in [-0.1, -0.05) is 18.2 Å². The molecule has 0 bridgehead atoms. The molecule has 122 valence electrons. The van der Waals surface area contributed by atoms with Crippen LogP contribution in [0.25, 0.3) is 6.08 Å². The summed E-state index contributed by atoms with van der Waals surface area (Å²) in [7, 11) is 0. The van der Waals surface area contributed by atoms with Crippen LogP contribution in [0.4, 0.5) is 15.8 Å². The molecule has 5 heteroatoms. The van der Waals surface area contributed by atoms with Crippen LogP contribution >= 0.6 is 0 Å². The van der Waals surface area contributed by atoms with Crippen LogP contribution in [-0.4, -0.2) is 11.8 Å². The van der Waals surface area contributed by atoms with Crippen molar-refractivity contribution in [1.82, 2.24) is 0 Å². The van der Waals surface area contributed by atoms with Crippen LogP contribution in [0.2, 0.25) is 0 Å². The van der Waals surface area contributed by atoms with Crippen LogP contribution in [0.3, 0.4) is 0 Å². The second kappa shape index (κ2) is 6.28. The molecular formula is C19H17FN2O2. The molecule has 0 radical (unpaired) electrons. The van der Waals surface area contributed by atoms with Crippen molar-refractivity contribution in [2.45, 2.75) is 20.3 Å². The van der Waals surface area contributed by atoms with E-state index >= 15 is 0 Å². The molecule has 2 N–H and O–H groups in total. The predicted molar refractivity (Wildman–Crippen MR) is 92.3 cm³/mol. The standard InChI is InChI=1S/C19H17FN2O2/c1-11-3-7-15(20)12(2)19(11)22-17(23)8-5-13-4-6-14-10-18(24)21-16(14)9-13/h3-9H,10H2,1-2H3,(H,21,24)(H,22,23)/b8-5+. The van der Waals surface area contributed by atoms with E-state index in [0.29, 0.717) is 17.7 Å². The van der Waals surface area contributed by atoms with Gasteiger partial charge < -0.3 is 10.6 Å². The smallest absolute Gasteiger partial charge is 0.248 e. The van der Waals surface area contributed by atoms with Crippen molar-refractivity contribution < 1.29 is 14.0 Å². The van der Waals surface area contributed by atoms with Gasteiger partial charge in [0.2, 0.25) is 11.8 Å². The van der Waals surface area contributed by atoms with Gasteiger partial charge in [0.15, 0.2) is 0 Å². The lowest BCUT2D eigenvalue weighted by Crippen LogP contribution is -2.11. The largest absolute Gasteiger partial charge is 0.326 e. The number of carbonyl (C=O) groups excluding carboxylic acids is 2. The number of halogens is 1. The molecule has 2 aromatic carbocycles.